The molecule has 2 aromatic rings. The standard InChI is InChI=1S/C21H28/c1-16(2)13-18-5-9-20(10-6-18)15-21-11-7-19(8-12-21)14-17(3)4/h5-12,16-17H,13-15H2,1-4H3. The van der Waals surface area contributed by atoms with E-state index in [0.29, 0.717) is 0 Å². The Hall–Kier alpha value is -1.56. The summed E-state index contributed by atoms with van der Waals surface area (Å²) in [6, 6.07) is 18.2. The molecule has 0 bridgehead atoms. The summed E-state index contributed by atoms with van der Waals surface area (Å²) >= 11 is 0. The van der Waals surface area contributed by atoms with Crippen LogP contribution >= 0.6 is 0 Å². The molecule has 0 aliphatic rings. The van der Waals surface area contributed by atoms with Gasteiger partial charge in [-0.25, -0.2) is 0 Å². The van der Waals surface area contributed by atoms with Crippen molar-refractivity contribution in [3.63, 3.8) is 0 Å². The molecule has 0 aliphatic carbocycles. The van der Waals surface area contributed by atoms with E-state index in [-0.39, 0.29) is 0 Å². The Morgan fingerprint density at radius 1 is 0.524 bits per heavy atom. The Balaban J connectivity index is 1.97. The molecule has 0 N–H and O–H groups in total. The first-order chi connectivity index (χ1) is 10.0. The van der Waals surface area contributed by atoms with Crippen LogP contribution in [0.1, 0.15) is 49.9 Å². The average molecular weight is 280 g/mol. The topological polar surface area (TPSA) is 0 Å². The Kier molecular flexibility index (Phi) is 5.61. The van der Waals surface area contributed by atoms with Crippen molar-refractivity contribution < 1.29 is 0 Å². The average Bonchev–Trinajstić information content (AvgIpc) is 2.42. The van der Waals surface area contributed by atoms with E-state index < -0.39 is 0 Å². The molecule has 0 aromatic heterocycles. The van der Waals surface area contributed by atoms with Crippen molar-refractivity contribution in [2.75, 3.05) is 0 Å². The van der Waals surface area contributed by atoms with Crippen molar-refractivity contribution in [3.05, 3.63) is 70.8 Å². The zero-order valence-electron chi connectivity index (χ0n) is 13.9. The number of hydrogen-bond donors (Lipinski definition) is 0. The van der Waals surface area contributed by atoms with Crippen molar-refractivity contribution in [2.45, 2.75) is 47.0 Å². The highest BCUT2D eigenvalue weighted by molar-refractivity contribution is 5.30. The van der Waals surface area contributed by atoms with E-state index in [1.165, 1.54) is 35.1 Å². The normalized spacial score (nSPS) is 11.3. The molecule has 0 nitrogen and oxygen atoms in total. The Morgan fingerprint density at radius 3 is 1.10 bits per heavy atom. The first kappa shape index (κ1) is 15.8. The Bertz CT molecular complexity index is 478. The molecular weight excluding hydrogens is 252 g/mol. The highest BCUT2D eigenvalue weighted by Gasteiger charge is 2.01. The molecule has 0 fully saturated rings. The quantitative estimate of drug-likeness (QED) is 0.639. The first-order valence-corrected chi connectivity index (χ1v) is 8.18. The van der Waals surface area contributed by atoms with Gasteiger partial charge in [0.2, 0.25) is 0 Å². The van der Waals surface area contributed by atoms with Crippen molar-refractivity contribution in [1.82, 2.24) is 0 Å². The summed E-state index contributed by atoms with van der Waals surface area (Å²) in [5.74, 6) is 1.45. The van der Waals surface area contributed by atoms with Crippen LogP contribution in [0.3, 0.4) is 0 Å². The lowest BCUT2D eigenvalue weighted by atomic mass is 9.97. The summed E-state index contributed by atoms with van der Waals surface area (Å²) in [4.78, 5) is 0. The van der Waals surface area contributed by atoms with E-state index >= 15 is 0 Å². The smallest absolute Gasteiger partial charge is 0.00258 e. The molecule has 0 saturated heterocycles. The van der Waals surface area contributed by atoms with E-state index in [1.54, 1.807) is 0 Å². The molecule has 112 valence electrons. The summed E-state index contributed by atoms with van der Waals surface area (Å²) in [5, 5.41) is 0. The molecule has 0 amide bonds. The zero-order chi connectivity index (χ0) is 15.2. The second-order valence-electron chi connectivity index (χ2n) is 7.01. The van der Waals surface area contributed by atoms with Gasteiger partial charge in [0.1, 0.15) is 0 Å². The second kappa shape index (κ2) is 7.45. The first-order valence-electron chi connectivity index (χ1n) is 8.18. The van der Waals surface area contributed by atoms with Gasteiger partial charge in [0.15, 0.2) is 0 Å². The maximum absolute atomic E-state index is 2.28. The fraction of sp³-hybridized carbons (Fsp3) is 0.429. The minimum Gasteiger partial charge on any atom is -0.0625 e. The summed E-state index contributed by atoms with van der Waals surface area (Å²) in [6.07, 6.45) is 3.37. The van der Waals surface area contributed by atoms with Gasteiger partial charge < -0.3 is 0 Å². The van der Waals surface area contributed by atoms with Gasteiger partial charge in [0.25, 0.3) is 0 Å². The third kappa shape index (κ3) is 5.38. The van der Waals surface area contributed by atoms with E-state index in [2.05, 4.69) is 76.2 Å². The third-order valence-corrected chi connectivity index (χ3v) is 3.74. The van der Waals surface area contributed by atoms with Crippen LogP contribution in [-0.4, -0.2) is 0 Å². The molecule has 0 heterocycles. The SMILES string of the molecule is CC(C)Cc1ccc(Cc2ccc(CC(C)C)cc2)cc1. The monoisotopic (exact) mass is 280 g/mol. The fourth-order valence-corrected chi connectivity index (χ4v) is 2.76. The van der Waals surface area contributed by atoms with Crippen LogP contribution in [0.25, 0.3) is 0 Å². The molecular formula is C21H28. The van der Waals surface area contributed by atoms with Crippen LogP contribution in [0.5, 0.6) is 0 Å². The summed E-state index contributed by atoms with van der Waals surface area (Å²) in [7, 11) is 0. The minimum absolute atomic E-state index is 0.726. The Morgan fingerprint density at radius 2 is 0.810 bits per heavy atom. The summed E-state index contributed by atoms with van der Waals surface area (Å²) in [5.41, 5.74) is 5.69. The maximum atomic E-state index is 2.28. The van der Waals surface area contributed by atoms with Crippen LogP contribution in [0, 0.1) is 11.8 Å². The van der Waals surface area contributed by atoms with Crippen molar-refractivity contribution in [1.29, 1.82) is 0 Å². The maximum Gasteiger partial charge on any atom is -0.00258 e. The molecule has 0 unspecified atom stereocenters. The highest BCUT2D eigenvalue weighted by atomic mass is 14.1. The number of rotatable bonds is 6. The molecule has 0 aliphatic heterocycles. The molecule has 2 rings (SSSR count). The lowest BCUT2D eigenvalue weighted by molar-refractivity contribution is 0.647. The summed E-state index contributed by atoms with van der Waals surface area (Å²) < 4.78 is 0. The van der Waals surface area contributed by atoms with E-state index in [0.717, 1.165) is 18.3 Å². The Labute approximate surface area is 130 Å². The van der Waals surface area contributed by atoms with Crippen LogP contribution in [0.4, 0.5) is 0 Å². The largest absolute Gasteiger partial charge is 0.0625 e. The zero-order valence-corrected chi connectivity index (χ0v) is 13.9. The second-order valence-corrected chi connectivity index (χ2v) is 7.01. The van der Waals surface area contributed by atoms with Gasteiger partial charge >= 0.3 is 0 Å². The van der Waals surface area contributed by atoms with Gasteiger partial charge in [-0.15, -0.1) is 0 Å². The van der Waals surface area contributed by atoms with Gasteiger partial charge in [-0.2, -0.15) is 0 Å². The lowest BCUT2D eigenvalue weighted by Crippen LogP contribution is -1.96. The number of hydrogen-bond acceptors (Lipinski definition) is 0. The van der Waals surface area contributed by atoms with Crippen molar-refractivity contribution in [2.24, 2.45) is 11.8 Å². The predicted octanol–water partition coefficient (Wildman–Crippen LogP) is 5.67. The molecule has 21 heavy (non-hydrogen) atoms. The molecule has 0 heteroatoms. The molecule has 0 radical (unpaired) electrons. The number of benzene rings is 2. The van der Waals surface area contributed by atoms with Crippen LogP contribution in [0.15, 0.2) is 48.5 Å². The van der Waals surface area contributed by atoms with Crippen LogP contribution < -0.4 is 0 Å². The van der Waals surface area contributed by atoms with Crippen LogP contribution in [0.2, 0.25) is 0 Å². The summed E-state index contributed by atoms with van der Waals surface area (Å²) in [6.45, 7) is 9.08. The van der Waals surface area contributed by atoms with Gasteiger partial charge in [0.05, 0.1) is 0 Å². The van der Waals surface area contributed by atoms with Gasteiger partial charge in [-0.3, -0.25) is 0 Å². The highest BCUT2D eigenvalue weighted by Crippen LogP contribution is 2.15. The van der Waals surface area contributed by atoms with Crippen molar-refractivity contribution >= 4 is 0 Å². The van der Waals surface area contributed by atoms with Gasteiger partial charge in [-0.1, -0.05) is 76.2 Å². The van der Waals surface area contributed by atoms with E-state index in [4.69, 9.17) is 0 Å². The predicted molar refractivity (Wildman–Crippen MR) is 92.8 cm³/mol. The third-order valence-electron chi connectivity index (χ3n) is 3.74. The molecule has 0 spiro atoms. The van der Waals surface area contributed by atoms with Crippen LogP contribution in [-0.2, 0) is 19.3 Å². The molecule has 0 saturated carbocycles. The van der Waals surface area contributed by atoms with E-state index in [1.807, 2.05) is 0 Å². The fourth-order valence-electron chi connectivity index (χ4n) is 2.76. The van der Waals surface area contributed by atoms with Gasteiger partial charge in [0, 0.05) is 0 Å². The van der Waals surface area contributed by atoms with Crippen molar-refractivity contribution in [3.8, 4) is 0 Å². The minimum atomic E-state index is 0.726. The molecule has 2 aromatic carbocycles. The van der Waals surface area contributed by atoms with Gasteiger partial charge in [-0.05, 0) is 53.4 Å². The lowest BCUT2D eigenvalue weighted by Gasteiger charge is -2.08. The van der Waals surface area contributed by atoms with E-state index in [9.17, 15) is 0 Å². The molecule has 0 atom stereocenters.